The third kappa shape index (κ3) is 4.71. The summed E-state index contributed by atoms with van der Waals surface area (Å²) in [4.78, 5) is 11.8. The van der Waals surface area contributed by atoms with Crippen LogP contribution in [0.2, 0.25) is 0 Å². The number of sulfone groups is 1. The Balaban J connectivity index is 1.86. The Bertz CT molecular complexity index is 1200. The molecule has 6 heteroatoms. The highest BCUT2D eigenvalue weighted by Gasteiger charge is 2.21. The first-order valence-electron chi connectivity index (χ1n) is 9.57. The minimum atomic E-state index is -3.22. The molecule has 156 valence electrons. The summed E-state index contributed by atoms with van der Waals surface area (Å²) in [5, 5.41) is 3.55. The molecule has 0 unspecified atom stereocenters. The van der Waals surface area contributed by atoms with Crippen LogP contribution < -0.4 is 11.1 Å². The Hall–Kier alpha value is -3.12. The van der Waals surface area contributed by atoms with Crippen molar-refractivity contribution >= 4 is 21.4 Å². The van der Waals surface area contributed by atoms with Gasteiger partial charge in [0.25, 0.3) is 0 Å². The summed E-state index contributed by atoms with van der Waals surface area (Å²) in [5.74, 6) is -0.449. The van der Waals surface area contributed by atoms with Gasteiger partial charge in [-0.1, -0.05) is 30.3 Å². The summed E-state index contributed by atoms with van der Waals surface area (Å²) in [6.07, 6.45) is 1.20. The molecule has 1 amide bonds. The number of primary amides is 1. The first-order chi connectivity index (χ1) is 14.0. The van der Waals surface area contributed by atoms with E-state index in [1.807, 2.05) is 57.2 Å². The number of hydrogen-bond donors (Lipinski definition) is 2. The lowest BCUT2D eigenvalue weighted by Gasteiger charge is -2.29. The lowest BCUT2D eigenvalue weighted by atomic mass is 9.93. The number of aryl methyl sites for hydroxylation is 1. The Labute approximate surface area is 177 Å². The van der Waals surface area contributed by atoms with Gasteiger partial charge in [-0.2, -0.15) is 0 Å². The van der Waals surface area contributed by atoms with Crippen LogP contribution in [0.25, 0.3) is 11.1 Å². The minimum Gasteiger partial charge on any atom is -0.376 e. The molecule has 3 N–H and O–H groups in total. The van der Waals surface area contributed by atoms with E-state index in [9.17, 15) is 13.2 Å². The van der Waals surface area contributed by atoms with Gasteiger partial charge in [0.05, 0.1) is 10.4 Å². The molecule has 0 aliphatic rings. The molecule has 30 heavy (non-hydrogen) atoms. The van der Waals surface area contributed by atoms with E-state index in [2.05, 4.69) is 11.4 Å². The fourth-order valence-electron chi connectivity index (χ4n) is 3.36. The number of nitrogens with one attached hydrogen (secondary N) is 1. The Morgan fingerprint density at radius 3 is 2.13 bits per heavy atom. The zero-order chi connectivity index (χ0) is 22.1. The maximum absolute atomic E-state index is 11.7. The van der Waals surface area contributed by atoms with Crippen molar-refractivity contribution in [3.05, 3.63) is 83.4 Å². The molecule has 0 bridgehead atoms. The largest absolute Gasteiger partial charge is 0.376 e. The third-order valence-corrected chi connectivity index (χ3v) is 6.29. The van der Waals surface area contributed by atoms with Gasteiger partial charge in [-0.25, -0.2) is 8.42 Å². The van der Waals surface area contributed by atoms with E-state index < -0.39 is 21.3 Å². The number of nitrogens with two attached hydrogens (primary N) is 1. The molecule has 0 aliphatic heterocycles. The minimum absolute atomic E-state index is 0.306. The number of hydrogen-bond acceptors (Lipinski definition) is 4. The van der Waals surface area contributed by atoms with Crippen molar-refractivity contribution in [1.82, 2.24) is 0 Å². The van der Waals surface area contributed by atoms with Gasteiger partial charge in [-0.05, 0) is 79.4 Å². The maximum atomic E-state index is 11.7. The van der Waals surface area contributed by atoms with Crippen LogP contribution in [-0.2, 0) is 15.4 Å². The Morgan fingerprint density at radius 2 is 1.57 bits per heavy atom. The number of carbonyl (C=O) groups excluding carboxylic acids is 1. The molecule has 3 aromatic carbocycles. The molecular formula is C24H26N2O3S. The molecule has 0 heterocycles. The van der Waals surface area contributed by atoms with E-state index in [0.29, 0.717) is 10.5 Å². The van der Waals surface area contributed by atoms with E-state index in [4.69, 9.17) is 5.73 Å². The highest BCUT2D eigenvalue weighted by Crippen LogP contribution is 2.31. The molecule has 0 spiro atoms. The highest BCUT2D eigenvalue weighted by atomic mass is 32.2. The van der Waals surface area contributed by atoms with Gasteiger partial charge in [0.1, 0.15) is 0 Å². The Morgan fingerprint density at radius 1 is 0.933 bits per heavy atom. The molecule has 0 fully saturated rings. The smallest absolute Gasteiger partial charge is 0.248 e. The normalized spacial score (nSPS) is 11.9. The second-order valence-electron chi connectivity index (χ2n) is 8.02. The van der Waals surface area contributed by atoms with Crippen LogP contribution >= 0.6 is 0 Å². The van der Waals surface area contributed by atoms with E-state index >= 15 is 0 Å². The van der Waals surface area contributed by atoms with Gasteiger partial charge in [-0.15, -0.1) is 0 Å². The molecule has 0 radical (unpaired) electrons. The van der Waals surface area contributed by atoms with Gasteiger partial charge < -0.3 is 11.1 Å². The van der Waals surface area contributed by atoms with Crippen molar-refractivity contribution in [1.29, 1.82) is 0 Å². The molecule has 0 saturated carbocycles. The van der Waals surface area contributed by atoms with Crippen molar-refractivity contribution in [3.63, 3.8) is 0 Å². The molecule has 5 nitrogen and oxygen atoms in total. The van der Waals surface area contributed by atoms with Gasteiger partial charge in [-0.3, -0.25) is 4.79 Å². The Kier molecular flexibility index (Phi) is 5.72. The number of anilines is 1. The molecule has 0 atom stereocenters. The first-order valence-corrected chi connectivity index (χ1v) is 11.5. The van der Waals surface area contributed by atoms with Gasteiger partial charge in [0.15, 0.2) is 9.84 Å². The summed E-state index contributed by atoms with van der Waals surface area (Å²) in [5.41, 5.74) is 10.4. The van der Waals surface area contributed by atoms with Crippen LogP contribution in [0.3, 0.4) is 0 Å². The average molecular weight is 423 g/mol. The predicted octanol–water partition coefficient (Wildman–Crippen LogP) is 4.51. The van der Waals surface area contributed by atoms with Crippen molar-refractivity contribution in [2.45, 2.75) is 31.2 Å². The van der Waals surface area contributed by atoms with Crippen LogP contribution in [0.4, 0.5) is 5.69 Å². The third-order valence-electron chi connectivity index (χ3n) is 5.16. The summed E-state index contributed by atoms with van der Waals surface area (Å²) in [6, 6.07) is 20.3. The molecule has 0 saturated heterocycles. The summed E-state index contributed by atoms with van der Waals surface area (Å²) in [7, 11) is -3.22. The summed E-state index contributed by atoms with van der Waals surface area (Å²) in [6.45, 7) is 6.12. The zero-order valence-electron chi connectivity index (χ0n) is 17.6. The molecule has 0 aliphatic carbocycles. The monoisotopic (exact) mass is 422 g/mol. The standard InChI is InChI=1S/C24H26N2O3S/c1-16-14-18(17-6-5-7-19(15-17)23(25)27)8-13-22(16)26-24(2,3)20-9-11-21(12-10-20)30(4,28)29/h5-15,26H,1-4H3,(H2,25,27). The second kappa shape index (κ2) is 7.95. The van der Waals surface area contributed by atoms with Crippen molar-refractivity contribution in [2.75, 3.05) is 11.6 Å². The molecular weight excluding hydrogens is 396 g/mol. The van der Waals surface area contributed by atoms with E-state index in [1.165, 1.54) is 6.26 Å². The lowest BCUT2D eigenvalue weighted by molar-refractivity contribution is 0.100. The SMILES string of the molecule is Cc1cc(-c2cccc(C(N)=O)c2)ccc1NC(C)(C)c1ccc(S(C)(=O)=O)cc1. The van der Waals surface area contributed by atoms with Gasteiger partial charge in [0, 0.05) is 17.5 Å². The van der Waals surface area contributed by atoms with E-state index in [-0.39, 0.29) is 0 Å². The zero-order valence-corrected chi connectivity index (χ0v) is 18.4. The van der Waals surface area contributed by atoms with E-state index in [0.717, 1.165) is 27.9 Å². The van der Waals surface area contributed by atoms with Crippen molar-refractivity contribution in [3.8, 4) is 11.1 Å². The first kappa shape index (κ1) is 21.6. The van der Waals surface area contributed by atoms with E-state index in [1.54, 1.807) is 24.3 Å². The number of benzene rings is 3. The quantitative estimate of drug-likeness (QED) is 0.612. The lowest BCUT2D eigenvalue weighted by Crippen LogP contribution is -2.28. The van der Waals surface area contributed by atoms with Crippen molar-refractivity contribution < 1.29 is 13.2 Å². The number of carbonyl (C=O) groups is 1. The topological polar surface area (TPSA) is 89.3 Å². The molecule has 0 aromatic heterocycles. The van der Waals surface area contributed by atoms with Crippen LogP contribution in [0.1, 0.15) is 35.3 Å². The fourth-order valence-corrected chi connectivity index (χ4v) is 3.99. The van der Waals surface area contributed by atoms with Crippen LogP contribution in [-0.4, -0.2) is 20.6 Å². The maximum Gasteiger partial charge on any atom is 0.248 e. The van der Waals surface area contributed by atoms with Crippen LogP contribution in [0.5, 0.6) is 0 Å². The number of amides is 1. The van der Waals surface area contributed by atoms with Crippen LogP contribution in [0, 0.1) is 6.92 Å². The fraction of sp³-hybridized carbons (Fsp3) is 0.208. The van der Waals surface area contributed by atoms with Gasteiger partial charge in [0.2, 0.25) is 5.91 Å². The number of rotatable bonds is 6. The highest BCUT2D eigenvalue weighted by molar-refractivity contribution is 7.90. The predicted molar refractivity (Wildman–Crippen MR) is 121 cm³/mol. The second-order valence-corrected chi connectivity index (χ2v) is 10.0. The summed E-state index contributed by atoms with van der Waals surface area (Å²) < 4.78 is 23.4. The molecule has 3 aromatic rings. The summed E-state index contributed by atoms with van der Waals surface area (Å²) >= 11 is 0. The molecule has 3 rings (SSSR count). The average Bonchev–Trinajstić information content (AvgIpc) is 2.69. The van der Waals surface area contributed by atoms with Gasteiger partial charge >= 0.3 is 0 Å². The van der Waals surface area contributed by atoms with Crippen LogP contribution in [0.15, 0.2) is 71.6 Å². The van der Waals surface area contributed by atoms with Crippen molar-refractivity contribution in [2.24, 2.45) is 5.73 Å².